The molecule has 0 saturated carbocycles. The maximum Gasteiger partial charge on any atom is 2.00 e. The average molecular weight is 118 g/mol. The van der Waals surface area contributed by atoms with Crippen LogP contribution in [0.4, 0.5) is 0 Å². The minimum Gasteiger partial charge on any atom is -0.344 e. The van der Waals surface area contributed by atoms with E-state index in [0.29, 0.717) is 0 Å². The monoisotopic (exact) mass is 118 g/mol. The fourth-order valence-electron chi connectivity index (χ4n) is 0. The van der Waals surface area contributed by atoms with Crippen LogP contribution in [0.3, 0.4) is 0 Å². The first-order valence-electron chi connectivity index (χ1n) is 1.54. The fourth-order valence-corrected chi connectivity index (χ4v) is 0. The van der Waals surface area contributed by atoms with Gasteiger partial charge in [0.2, 0.25) is 0 Å². The molecular formula is C5H7V+. The van der Waals surface area contributed by atoms with E-state index < -0.39 is 0 Å². The Balaban J connectivity index is 0. The molecule has 0 aromatic heterocycles. The molecule has 0 heterocycles. The quantitative estimate of drug-likeness (QED) is 0.331. The molecule has 0 fully saturated rings. The number of hydrogen-bond donors (Lipinski definition) is 0. The first-order chi connectivity index (χ1) is 2.27. The largest absolute Gasteiger partial charge is 2.00 e. The molecule has 0 aromatic rings. The van der Waals surface area contributed by atoms with E-state index in [1.165, 1.54) is 0 Å². The fraction of sp³-hybridized carbons (Fsp3) is 0.400. The van der Waals surface area contributed by atoms with Gasteiger partial charge in [0.05, 0.1) is 0 Å². The number of hydrogen-bond acceptors (Lipinski definition) is 0. The molecule has 0 aliphatic heterocycles. The van der Waals surface area contributed by atoms with Gasteiger partial charge in [0.25, 0.3) is 0 Å². The zero-order valence-corrected chi connectivity index (χ0v) is 5.42. The molecule has 31 valence electrons. The third-order valence-corrected chi connectivity index (χ3v) is 0.289. The van der Waals surface area contributed by atoms with Crippen molar-refractivity contribution in [1.29, 1.82) is 0 Å². The molecular weight excluding hydrogens is 111 g/mol. The van der Waals surface area contributed by atoms with Crippen LogP contribution in [0.1, 0.15) is 13.8 Å². The smallest absolute Gasteiger partial charge is 0.344 e. The van der Waals surface area contributed by atoms with E-state index in [4.69, 9.17) is 6.42 Å². The van der Waals surface area contributed by atoms with Crippen molar-refractivity contribution < 1.29 is 18.6 Å². The average Bonchev–Trinajstić information content (AvgIpc) is 1.38. The molecule has 0 atom stereocenters. The SMILES string of the molecule is C#C[C-](C)C.[V+2]. The van der Waals surface area contributed by atoms with Crippen molar-refractivity contribution in [2.45, 2.75) is 13.8 Å². The molecule has 0 aliphatic rings. The summed E-state index contributed by atoms with van der Waals surface area (Å²) >= 11 is 0. The number of rotatable bonds is 0. The molecule has 1 radical (unpaired) electrons. The number of terminal acetylenes is 1. The van der Waals surface area contributed by atoms with Crippen LogP contribution in [0.2, 0.25) is 0 Å². The second-order valence-electron chi connectivity index (χ2n) is 1.14. The van der Waals surface area contributed by atoms with Crippen LogP contribution in [0.5, 0.6) is 0 Å². The van der Waals surface area contributed by atoms with Crippen LogP contribution in [-0.4, -0.2) is 0 Å². The predicted octanol–water partition coefficient (Wildman–Crippen LogP) is 1.23. The standard InChI is InChI=1S/C5H7.V/c1-4-5(2)3;/h1H,2-3H3;/q-1;+2. The van der Waals surface area contributed by atoms with Crippen LogP contribution in [0, 0.1) is 18.3 Å². The van der Waals surface area contributed by atoms with Crippen molar-refractivity contribution >= 4 is 0 Å². The van der Waals surface area contributed by atoms with Crippen LogP contribution >= 0.6 is 0 Å². The zero-order chi connectivity index (χ0) is 4.28. The van der Waals surface area contributed by atoms with Gasteiger partial charge in [0, 0.05) is 0 Å². The van der Waals surface area contributed by atoms with Crippen molar-refractivity contribution in [2.24, 2.45) is 0 Å². The van der Waals surface area contributed by atoms with Gasteiger partial charge in [-0.3, -0.25) is 5.92 Å². The summed E-state index contributed by atoms with van der Waals surface area (Å²) in [4.78, 5) is 0. The van der Waals surface area contributed by atoms with E-state index in [2.05, 4.69) is 5.92 Å². The maximum absolute atomic E-state index is 4.88. The Kier molecular flexibility index (Phi) is 7.84. The molecule has 0 aromatic carbocycles. The van der Waals surface area contributed by atoms with E-state index >= 15 is 0 Å². The van der Waals surface area contributed by atoms with E-state index in [1.54, 1.807) is 0 Å². The first kappa shape index (κ1) is 9.38. The third-order valence-electron chi connectivity index (χ3n) is 0.289. The predicted molar refractivity (Wildman–Crippen MR) is 23.4 cm³/mol. The van der Waals surface area contributed by atoms with E-state index in [1.807, 2.05) is 13.8 Å². The summed E-state index contributed by atoms with van der Waals surface area (Å²) in [6.07, 6.45) is 4.88. The minimum absolute atomic E-state index is 0. The first-order valence-corrected chi connectivity index (χ1v) is 1.54. The van der Waals surface area contributed by atoms with Gasteiger partial charge in [-0.05, 0) is 0 Å². The summed E-state index contributed by atoms with van der Waals surface area (Å²) in [6, 6.07) is 0. The Bertz CT molecular complexity index is 49.4. The van der Waals surface area contributed by atoms with Gasteiger partial charge in [-0.25, -0.2) is 0 Å². The molecule has 0 spiro atoms. The summed E-state index contributed by atoms with van der Waals surface area (Å²) in [5.41, 5.74) is 0. The summed E-state index contributed by atoms with van der Waals surface area (Å²) < 4.78 is 0. The van der Waals surface area contributed by atoms with Gasteiger partial charge in [-0.2, -0.15) is 5.92 Å². The second-order valence-corrected chi connectivity index (χ2v) is 1.14. The minimum atomic E-state index is 0. The molecule has 0 saturated heterocycles. The van der Waals surface area contributed by atoms with Crippen molar-refractivity contribution in [2.75, 3.05) is 0 Å². The van der Waals surface area contributed by atoms with Crippen molar-refractivity contribution in [3.63, 3.8) is 0 Å². The summed E-state index contributed by atoms with van der Waals surface area (Å²) in [6.45, 7) is 3.81. The Morgan fingerprint density at radius 3 is 1.67 bits per heavy atom. The van der Waals surface area contributed by atoms with Gasteiger partial charge in [-0.1, -0.05) is 0 Å². The second kappa shape index (κ2) is 5.01. The third kappa shape index (κ3) is 8.99. The Labute approximate surface area is 51.2 Å². The molecule has 0 bridgehead atoms. The molecule has 0 nitrogen and oxygen atoms in total. The Hall–Kier alpha value is 0.0144. The van der Waals surface area contributed by atoms with Crippen LogP contribution < -0.4 is 0 Å². The van der Waals surface area contributed by atoms with Gasteiger partial charge in [0.1, 0.15) is 0 Å². The normalized spacial score (nSPS) is 4.83. The molecule has 1 heteroatoms. The Morgan fingerprint density at radius 2 is 1.67 bits per heavy atom. The maximum atomic E-state index is 4.88. The van der Waals surface area contributed by atoms with Gasteiger partial charge >= 0.3 is 18.6 Å². The van der Waals surface area contributed by atoms with Crippen LogP contribution in [-0.2, 0) is 18.6 Å². The van der Waals surface area contributed by atoms with Gasteiger partial charge in [-0.15, -0.1) is 13.8 Å². The Morgan fingerprint density at radius 1 is 1.50 bits per heavy atom. The summed E-state index contributed by atoms with van der Waals surface area (Å²) in [5, 5.41) is 0. The molecule has 0 unspecified atom stereocenters. The van der Waals surface area contributed by atoms with Crippen LogP contribution in [0.25, 0.3) is 0 Å². The van der Waals surface area contributed by atoms with Crippen molar-refractivity contribution in [1.82, 2.24) is 0 Å². The molecule has 0 amide bonds. The molecule has 0 rings (SSSR count). The van der Waals surface area contributed by atoms with E-state index in [-0.39, 0.29) is 18.6 Å². The van der Waals surface area contributed by atoms with Crippen LogP contribution in [0.15, 0.2) is 0 Å². The topological polar surface area (TPSA) is 0 Å². The molecule has 0 aliphatic carbocycles. The van der Waals surface area contributed by atoms with Gasteiger partial charge < -0.3 is 6.42 Å². The summed E-state index contributed by atoms with van der Waals surface area (Å²) in [7, 11) is 0. The molecule has 0 N–H and O–H groups in total. The molecule has 6 heavy (non-hydrogen) atoms. The van der Waals surface area contributed by atoms with Crippen molar-refractivity contribution in [3.8, 4) is 12.3 Å². The van der Waals surface area contributed by atoms with Crippen molar-refractivity contribution in [3.05, 3.63) is 5.92 Å². The van der Waals surface area contributed by atoms with E-state index in [0.717, 1.165) is 5.92 Å². The van der Waals surface area contributed by atoms with E-state index in [9.17, 15) is 0 Å². The zero-order valence-electron chi connectivity index (χ0n) is 4.02. The van der Waals surface area contributed by atoms with Gasteiger partial charge in [0.15, 0.2) is 0 Å². The summed E-state index contributed by atoms with van der Waals surface area (Å²) in [5.74, 6) is 3.48.